The van der Waals surface area contributed by atoms with Crippen molar-refractivity contribution in [1.29, 1.82) is 0 Å². The van der Waals surface area contributed by atoms with E-state index in [-0.39, 0.29) is 0 Å². The lowest BCUT2D eigenvalue weighted by Crippen LogP contribution is -2.29. The summed E-state index contributed by atoms with van der Waals surface area (Å²) in [6, 6.07) is 10.3. The van der Waals surface area contributed by atoms with Crippen LogP contribution in [0.1, 0.15) is 36.4 Å². The predicted octanol–water partition coefficient (Wildman–Crippen LogP) is 2.58. The van der Waals surface area contributed by atoms with E-state index in [0.717, 1.165) is 18.5 Å². The summed E-state index contributed by atoms with van der Waals surface area (Å²) in [5, 5.41) is 3.71. The van der Waals surface area contributed by atoms with Crippen LogP contribution in [0.2, 0.25) is 0 Å². The molecule has 2 unspecified atom stereocenters. The van der Waals surface area contributed by atoms with Crippen molar-refractivity contribution in [2.45, 2.75) is 38.0 Å². The van der Waals surface area contributed by atoms with Crippen LogP contribution in [-0.4, -0.2) is 38.2 Å². The molecule has 0 amide bonds. The molecule has 1 aliphatic heterocycles. The molecule has 0 aromatic heterocycles. The molecule has 20 heavy (non-hydrogen) atoms. The van der Waals surface area contributed by atoms with Gasteiger partial charge in [0.25, 0.3) is 0 Å². The molecule has 1 heterocycles. The molecule has 3 rings (SSSR count). The van der Waals surface area contributed by atoms with Crippen LogP contribution in [0.25, 0.3) is 0 Å². The Morgan fingerprint density at radius 1 is 1.30 bits per heavy atom. The first-order chi connectivity index (χ1) is 9.78. The minimum absolute atomic E-state index is 0.554. The molecule has 3 nitrogen and oxygen atoms in total. The largest absolute Gasteiger partial charge is 0.380 e. The van der Waals surface area contributed by atoms with E-state index in [1.165, 1.54) is 36.9 Å². The van der Waals surface area contributed by atoms with Crippen LogP contribution in [0, 0.1) is 5.92 Å². The van der Waals surface area contributed by atoms with Gasteiger partial charge in [-0.15, -0.1) is 0 Å². The van der Waals surface area contributed by atoms with Gasteiger partial charge in [0.15, 0.2) is 0 Å². The summed E-state index contributed by atoms with van der Waals surface area (Å²) in [6.45, 7) is 3.07. The smallest absolute Gasteiger partial charge is 0.0713 e. The van der Waals surface area contributed by atoms with Gasteiger partial charge >= 0.3 is 0 Å². The number of rotatable bonds is 6. The van der Waals surface area contributed by atoms with Crippen LogP contribution in [0.5, 0.6) is 0 Å². The first kappa shape index (κ1) is 14.1. The van der Waals surface area contributed by atoms with Crippen LogP contribution in [-0.2, 0) is 11.3 Å². The van der Waals surface area contributed by atoms with Gasteiger partial charge in [0, 0.05) is 25.7 Å². The van der Waals surface area contributed by atoms with Gasteiger partial charge in [0.05, 0.1) is 6.61 Å². The highest BCUT2D eigenvalue weighted by atomic mass is 16.5. The quantitative estimate of drug-likeness (QED) is 0.863. The molecule has 2 fully saturated rings. The number of nitrogens with zero attached hydrogens (tertiary/aromatic N) is 1. The van der Waals surface area contributed by atoms with Gasteiger partial charge in [0.1, 0.15) is 0 Å². The first-order valence-electron chi connectivity index (χ1n) is 7.79. The van der Waals surface area contributed by atoms with Crippen LogP contribution in [0.4, 0.5) is 0 Å². The van der Waals surface area contributed by atoms with E-state index >= 15 is 0 Å². The minimum Gasteiger partial charge on any atom is -0.380 e. The Morgan fingerprint density at radius 2 is 2.15 bits per heavy atom. The predicted molar refractivity (Wildman–Crippen MR) is 81.7 cm³/mol. The Bertz CT molecular complexity index is 444. The van der Waals surface area contributed by atoms with E-state index in [1.807, 2.05) is 0 Å². The summed E-state index contributed by atoms with van der Waals surface area (Å²) in [7, 11) is 4.02. The second-order valence-electron chi connectivity index (χ2n) is 6.33. The molecular weight excluding hydrogens is 248 g/mol. The summed E-state index contributed by atoms with van der Waals surface area (Å²) in [6.07, 6.45) is 4.04. The number of likely N-dealkylation sites (tertiary alicyclic amines) is 1. The maximum Gasteiger partial charge on any atom is 0.0713 e. The molecule has 3 heteroatoms. The van der Waals surface area contributed by atoms with E-state index in [4.69, 9.17) is 4.74 Å². The Balaban J connectivity index is 1.72. The van der Waals surface area contributed by atoms with Crippen molar-refractivity contribution < 1.29 is 4.74 Å². The SMILES string of the molecule is COCc1cccc(C2C(CNC3CC3)CCN2C)c1. The van der Waals surface area contributed by atoms with Crippen LogP contribution in [0.15, 0.2) is 24.3 Å². The third-order valence-electron chi connectivity index (χ3n) is 4.62. The molecule has 1 N–H and O–H groups in total. The number of ether oxygens (including phenoxy) is 1. The number of benzene rings is 1. The highest BCUT2D eigenvalue weighted by molar-refractivity contribution is 5.27. The second kappa shape index (κ2) is 6.25. The zero-order valence-electron chi connectivity index (χ0n) is 12.6. The van der Waals surface area contributed by atoms with Crippen molar-refractivity contribution in [3.05, 3.63) is 35.4 Å². The Labute approximate surface area is 122 Å². The fourth-order valence-electron chi connectivity index (χ4n) is 3.41. The lowest BCUT2D eigenvalue weighted by Gasteiger charge is -2.26. The van der Waals surface area contributed by atoms with Gasteiger partial charge in [-0.05, 0) is 49.9 Å². The molecule has 1 saturated carbocycles. The standard InChI is InChI=1S/C17H26N2O/c1-19-9-8-15(11-18-16-6-7-16)17(19)14-5-3-4-13(10-14)12-20-2/h3-5,10,15-18H,6-9,11-12H2,1-2H3. The van der Waals surface area contributed by atoms with E-state index in [2.05, 4.69) is 41.5 Å². The first-order valence-corrected chi connectivity index (χ1v) is 7.79. The number of nitrogens with one attached hydrogen (secondary N) is 1. The molecule has 1 aliphatic carbocycles. The Kier molecular flexibility index (Phi) is 4.39. The summed E-state index contributed by atoms with van der Waals surface area (Å²) in [4.78, 5) is 2.51. The maximum atomic E-state index is 5.26. The molecule has 2 aliphatic rings. The average molecular weight is 274 g/mol. The van der Waals surface area contributed by atoms with Gasteiger partial charge in [-0.1, -0.05) is 24.3 Å². The molecule has 1 aromatic rings. The third-order valence-corrected chi connectivity index (χ3v) is 4.62. The maximum absolute atomic E-state index is 5.26. The highest BCUT2D eigenvalue weighted by Gasteiger charge is 2.34. The van der Waals surface area contributed by atoms with Gasteiger partial charge in [0.2, 0.25) is 0 Å². The second-order valence-corrected chi connectivity index (χ2v) is 6.33. The molecule has 2 atom stereocenters. The monoisotopic (exact) mass is 274 g/mol. The molecular formula is C17H26N2O. The molecule has 0 bridgehead atoms. The van der Waals surface area contributed by atoms with Crippen molar-refractivity contribution in [3.8, 4) is 0 Å². The normalized spacial score (nSPS) is 27.1. The number of hydrogen-bond donors (Lipinski definition) is 1. The van der Waals surface area contributed by atoms with Gasteiger partial charge in [-0.25, -0.2) is 0 Å². The third kappa shape index (κ3) is 3.22. The highest BCUT2D eigenvalue weighted by Crippen LogP contribution is 2.36. The van der Waals surface area contributed by atoms with E-state index in [0.29, 0.717) is 12.6 Å². The van der Waals surface area contributed by atoms with Crippen LogP contribution >= 0.6 is 0 Å². The number of hydrogen-bond acceptors (Lipinski definition) is 3. The van der Waals surface area contributed by atoms with Crippen LogP contribution in [0.3, 0.4) is 0 Å². The molecule has 1 aromatic carbocycles. The van der Waals surface area contributed by atoms with Gasteiger partial charge in [-0.3, -0.25) is 4.90 Å². The fraction of sp³-hybridized carbons (Fsp3) is 0.647. The van der Waals surface area contributed by atoms with Crippen molar-refractivity contribution in [2.24, 2.45) is 5.92 Å². The topological polar surface area (TPSA) is 24.5 Å². The van der Waals surface area contributed by atoms with Crippen molar-refractivity contribution in [3.63, 3.8) is 0 Å². The zero-order valence-corrected chi connectivity index (χ0v) is 12.6. The summed E-state index contributed by atoms with van der Waals surface area (Å²) in [5.74, 6) is 0.735. The van der Waals surface area contributed by atoms with E-state index in [1.54, 1.807) is 7.11 Å². The Morgan fingerprint density at radius 3 is 2.90 bits per heavy atom. The molecule has 0 spiro atoms. The van der Waals surface area contributed by atoms with E-state index < -0.39 is 0 Å². The van der Waals surface area contributed by atoms with Gasteiger partial charge < -0.3 is 10.1 Å². The summed E-state index contributed by atoms with van der Waals surface area (Å²) >= 11 is 0. The number of methoxy groups -OCH3 is 1. The summed E-state index contributed by atoms with van der Waals surface area (Å²) < 4.78 is 5.26. The lowest BCUT2D eigenvalue weighted by atomic mass is 9.92. The fourth-order valence-corrected chi connectivity index (χ4v) is 3.41. The van der Waals surface area contributed by atoms with Crippen molar-refractivity contribution in [1.82, 2.24) is 10.2 Å². The molecule has 1 saturated heterocycles. The molecule has 110 valence electrons. The minimum atomic E-state index is 0.554. The van der Waals surface area contributed by atoms with Crippen molar-refractivity contribution >= 4 is 0 Å². The van der Waals surface area contributed by atoms with Gasteiger partial charge in [-0.2, -0.15) is 0 Å². The zero-order chi connectivity index (χ0) is 13.9. The van der Waals surface area contributed by atoms with Crippen LogP contribution < -0.4 is 5.32 Å². The summed E-state index contributed by atoms with van der Waals surface area (Å²) in [5.41, 5.74) is 2.72. The van der Waals surface area contributed by atoms with Crippen molar-refractivity contribution in [2.75, 3.05) is 27.2 Å². The van der Waals surface area contributed by atoms with E-state index in [9.17, 15) is 0 Å². The average Bonchev–Trinajstić information content (AvgIpc) is 3.20. The molecule has 0 radical (unpaired) electrons. The Hall–Kier alpha value is -0.900. The lowest BCUT2D eigenvalue weighted by molar-refractivity contribution is 0.184.